The maximum absolute atomic E-state index is 11.7. The highest BCUT2D eigenvalue weighted by molar-refractivity contribution is 6.18. The largest absolute Gasteiger partial charge is 0.338 e. The van der Waals surface area contributed by atoms with Crippen molar-refractivity contribution in [3.8, 4) is 0 Å². The molecule has 0 N–H and O–H groups in total. The molecule has 0 saturated carbocycles. The van der Waals surface area contributed by atoms with E-state index >= 15 is 0 Å². The molecule has 2 rings (SSSR count). The van der Waals surface area contributed by atoms with Crippen molar-refractivity contribution < 1.29 is 9.32 Å². The van der Waals surface area contributed by atoms with Crippen LogP contribution < -0.4 is 4.90 Å². The Bertz CT molecular complexity index is 378. The van der Waals surface area contributed by atoms with Gasteiger partial charge >= 0.3 is 0 Å². The smallest absolute Gasteiger partial charge is 0.234 e. The molecule has 0 radical (unpaired) electrons. The van der Waals surface area contributed by atoms with Crippen molar-refractivity contribution in [2.75, 3.05) is 17.3 Å². The molecule has 1 amide bonds. The van der Waals surface area contributed by atoms with Crippen LogP contribution in [0.4, 0.5) is 5.88 Å². The fraction of sp³-hybridized carbons (Fsp3) is 0.636. The Morgan fingerprint density at radius 2 is 2.50 bits per heavy atom. The van der Waals surface area contributed by atoms with Crippen LogP contribution in [0.15, 0.2) is 10.6 Å². The van der Waals surface area contributed by atoms with Crippen molar-refractivity contribution in [2.24, 2.45) is 5.92 Å². The lowest BCUT2D eigenvalue weighted by atomic mass is 10.1. The van der Waals surface area contributed by atoms with Crippen molar-refractivity contribution in [1.29, 1.82) is 0 Å². The van der Waals surface area contributed by atoms with E-state index < -0.39 is 0 Å². The van der Waals surface area contributed by atoms with E-state index in [9.17, 15) is 4.79 Å². The SMILES string of the molecule is CCCc1cc(N2CC(CCl)CC2=O)on1. The molecule has 1 aromatic rings. The summed E-state index contributed by atoms with van der Waals surface area (Å²) in [4.78, 5) is 13.3. The van der Waals surface area contributed by atoms with Gasteiger partial charge in [0.15, 0.2) is 0 Å². The minimum atomic E-state index is 0.0739. The Balaban J connectivity index is 2.09. The molecule has 0 aliphatic carbocycles. The second kappa shape index (κ2) is 4.87. The normalized spacial score (nSPS) is 20.8. The zero-order valence-electron chi connectivity index (χ0n) is 9.28. The van der Waals surface area contributed by atoms with Crippen LogP contribution in [0.1, 0.15) is 25.5 Å². The number of carbonyl (C=O) groups is 1. The van der Waals surface area contributed by atoms with Gasteiger partial charge in [0.05, 0.1) is 5.69 Å². The van der Waals surface area contributed by atoms with Crippen LogP contribution >= 0.6 is 11.6 Å². The average molecular weight is 243 g/mol. The number of amides is 1. The number of hydrogen-bond donors (Lipinski definition) is 0. The predicted octanol–water partition coefficient (Wildman–Crippen LogP) is 2.22. The minimum absolute atomic E-state index is 0.0739. The van der Waals surface area contributed by atoms with Crippen LogP contribution in [-0.2, 0) is 11.2 Å². The van der Waals surface area contributed by atoms with E-state index in [1.54, 1.807) is 4.90 Å². The van der Waals surface area contributed by atoms with Gasteiger partial charge < -0.3 is 4.52 Å². The lowest BCUT2D eigenvalue weighted by molar-refractivity contribution is -0.117. The summed E-state index contributed by atoms with van der Waals surface area (Å²) in [5, 5.41) is 3.93. The highest BCUT2D eigenvalue weighted by Gasteiger charge is 2.32. The summed E-state index contributed by atoms with van der Waals surface area (Å²) in [6, 6.07) is 1.85. The van der Waals surface area contributed by atoms with E-state index in [2.05, 4.69) is 12.1 Å². The molecule has 0 bridgehead atoms. The minimum Gasteiger partial charge on any atom is -0.338 e. The summed E-state index contributed by atoms with van der Waals surface area (Å²) in [7, 11) is 0. The van der Waals surface area contributed by atoms with E-state index in [0.29, 0.717) is 24.7 Å². The Kier molecular flexibility index (Phi) is 3.49. The van der Waals surface area contributed by atoms with Gasteiger partial charge in [-0.05, 0) is 12.3 Å². The highest BCUT2D eigenvalue weighted by atomic mass is 35.5. The second-order valence-corrected chi connectivity index (χ2v) is 4.44. The van der Waals surface area contributed by atoms with E-state index in [1.165, 1.54) is 0 Å². The van der Waals surface area contributed by atoms with Crippen molar-refractivity contribution in [3.63, 3.8) is 0 Å². The third-order valence-corrected chi connectivity index (χ3v) is 3.18. The number of alkyl halides is 1. The Labute approximate surface area is 99.5 Å². The first-order valence-electron chi connectivity index (χ1n) is 5.56. The zero-order chi connectivity index (χ0) is 11.5. The van der Waals surface area contributed by atoms with Gasteiger partial charge in [0.25, 0.3) is 0 Å². The lowest BCUT2D eigenvalue weighted by Gasteiger charge is -2.10. The van der Waals surface area contributed by atoms with Gasteiger partial charge in [0.1, 0.15) is 0 Å². The van der Waals surface area contributed by atoms with E-state index in [0.717, 1.165) is 18.5 Å². The van der Waals surface area contributed by atoms with Gasteiger partial charge in [-0.1, -0.05) is 18.5 Å². The molecule has 1 fully saturated rings. The second-order valence-electron chi connectivity index (χ2n) is 4.14. The summed E-state index contributed by atoms with van der Waals surface area (Å²) in [5.41, 5.74) is 0.902. The van der Waals surface area contributed by atoms with Crippen LogP contribution in [0.25, 0.3) is 0 Å². The van der Waals surface area contributed by atoms with Gasteiger partial charge in [-0.3, -0.25) is 9.69 Å². The molecular weight excluding hydrogens is 228 g/mol. The highest BCUT2D eigenvalue weighted by Crippen LogP contribution is 2.26. The summed E-state index contributed by atoms with van der Waals surface area (Å²) in [5.74, 6) is 1.37. The van der Waals surface area contributed by atoms with Crippen LogP contribution in [0.3, 0.4) is 0 Å². The Hall–Kier alpha value is -1.03. The number of aromatic nitrogens is 1. The number of nitrogens with zero attached hydrogens (tertiary/aromatic N) is 2. The third kappa shape index (κ3) is 2.21. The standard InChI is InChI=1S/C11H15ClN2O2/c1-2-3-9-5-11(16-13-9)14-7-8(6-12)4-10(14)15/h5,8H,2-4,6-7H2,1H3. The molecule has 1 aromatic heterocycles. The van der Waals surface area contributed by atoms with Crippen LogP contribution in [0.5, 0.6) is 0 Å². The van der Waals surface area contributed by atoms with Crippen LogP contribution in [-0.4, -0.2) is 23.5 Å². The molecule has 1 aliphatic heterocycles. The van der Waals surface area contributed by atoms with Gasteiger partial charge in [-0.25, -0.2) is 0 Å². The van der Waals surface area contributed by atoms with Gasteiger partial charge in [-0.15, -0.1) is 11.6 Å². The molecule has 88 valence electrons. The zero-order valence-corrected chi connectivity index (χ0v) is 10.0. The fourth-order valence-electron chi connectivity index (χ4n) is 1.90. The third-order valence-electron chi connectivity index (χ3n) is 2.74. The predicted molar refractivity (Wildman–Crippen MR) is 61.7 cm³/mol. The number of rotatable bonds is 4. The van der Waals surface area contributed by atoms with Gasteiger partial charge in [0.2, 0.25) is 11.8 Å². The molecular formula is C11H15ClN2O2. The first kappa shape index (κ1) is 11.5. The van der Waals surface area contributed by atoms with E-state index in [4.69, 9.17) is 16.1 Å². The first-order chi connectivity index (χ1) is 7.74. The van der Waals surface area contributed by atoms with Gasteiger partial charge in [0, 0.05) is 24.9 Å². The number of hydrogen-bond acceptors (Lipinski definition) is 3. The number of anilines is 1. The van der Waals surface area contributed by atoms with Crippen LogP contribution in [0, 0.1) is 5.92 Å². The number of carbonyl (C=O) groups excluding carboxylic acids is 1. The lowest BCUT2D eigenvalue weighted by Crippen LogP contribution is -2.24. The number of halogens is 1. The van der Waals surface area contributed by atoms with Crippen molar-refractivity contribution in [1.82, 2.24) is 5.16 Å². The molecule has 1 unspecified atom stereocenters. The summed E-state index contributed by atoms with van der Waals surface area (Å²) >= 11 is 5.76. The fourth-order valence-corrected chi connectivity index (χ4v) is 2.11. The monoisotopic (exact) mass is 242 g/mol. The molecule has 1 aliphatic rings. The number of aryl methyl sites for hydroxylation is 1. The summed E-state index contributed by atoms with van der Waals surface area (Å²) in [6.45, 7) is 2.72. The van der Waals surface area contributed by atoms with Crippen molar-refractivity contribution in [3.05, 3.63) is 11.8 Å². The quantitative estimate of drug-likeness (QED) is 0.761. The molecule has 0 aromatic carbocycles. The average Bonchev–Trinajstić information content (AvgIpc) is 2.85. The molecule has 2 heterocycles. The van der Waals surface area contributed by atoms with E-state index in [-0.39, 0.29) is 11.8 Å². The topological polar surface area (TPSA) is 46.3 Å². The molecule has 4 nitrogen and oxygen atoms in total. The molecule has 5 heteroatoms. The molecule has 1 saturated heterocycles. The Morgan fingerprint density at radius 3 is 3.12 bits per heavy atom. The summed E-state index contributed by atoms with van der Waals surface area (Å²) < 4.78 is 5.18. The summed E-state index contributed by atoms with van der Waals surface area (Å²) in [6.07, 6.45) is 2.40. The van der Waals surface area contributed by atoms with Crippen molar-refractivity contribution >= 4 is 23.4 Å². The van der Waals surface area contributed by atoms with Crippen molar-refractivity contribution in [2.45, 2.75) is 26.2 Å². The van der Waals surface area contributed by atoms with E-state index in [1.807, 2.05) is 6.07 Å². The first-order valence-corrected chi connectivity index (χ1v) is 6.10. The maximum atomic E-state index is 11.7. The van der Waals surface area contributed by atoms with Crippen LogP contribution in [0.2, 0.25) is 0 Å². The molecule has 1 atom stereocenters. The maximum Gasteiger partial charge on any atom is 0.234 e. The van der Waals surface area contributed by atoms with Gasteiger partial charge in [-0.2, -0.15) is 0 Å². The molecule has 0 spiro atoms. The molecule has 16 heavy (non-hydrogen) atoms. The Morgan fingerprint density at radius 1 is 1.69 bits per heavy atom.